The molecule has 0 bridgehead atoms. The van der Waals surface area contributed by atoms with Crippen molar-refractivity contribution in [3.8, 4) is 0 Å². The Morgan fingerprint density at radius 1 is 1.09 bits per heavy atom. The van der Waals surface area contributed by atoms with E-state index in [1.807, 2.05) is 0 Å². The maximum atomic E-state index is 11.6. The van der Waals surface area contributed by atoms with Gasteiger partial charge in [-0.2, -0.15) is 0 Å². The number of rotatable bonds is 11. The average Bonchev–Trinajstić information content (AvgIpc) is 2.40. The number of aliphatic carboxylic acids is 1. The van der Waals surface area contributed by atoms with Crippen LogP contribution in [0.1, 0.15) is 6.42 Å². The molecule has 0 aromatic carbocycles. The first-order valence-electron chi connectivity index (χ1n) is 7.21. The van der Waals surface area contributed by atoms with Crippen LogP contribution in [0.25, 0.3) is 0 Å². The van der Waals surface area contributed by atoms with Crippen LogP contribution >= 0.6 is 15.9 Å². The van der Waals surface area contributed by atoms with Gasteiger partial charge in [0.1, 0.15) is 6.04 Å². The molecule has 0 aliphatic heterocycles. The number of alkyl halides is 1. The first-order chi connectivity index (χ1) is 10.2. The number of hydrogen-bond donors (Lipinski definition) is 4. The summed E-state index contributed by atoms with van der Waals surface area (Å²) in [6.45, 7) is 7.54. The summed E-state index contributed by atoms with van der Waals surface area (Å²) in [5, 5.41) is 17.4. The summed E-state index contributed by atoms with van der Waals surface area (Å²) in [5.41, 5.74) is 0. The van der Waals surface area contributed by atoms with E-state index in [4.69, 9.17) is 5.11 Å². The molecule has 0 heterocycles. The van der Waals surface area contributed by atoms with E-state index in [2.05, 4.69) is 51.5 Å². The Bertz CT molecular complexity index is 388. The van der Waals surface area contributed by atoms with E-state index in [0.29, 0.717) is 6.54 Å². The van der Waals surface area contributed by atoms with Gasteiger partial charge in [0.25, 0.3) is 0 Å². The number of halogens is 1. The molecule has 4 N–H and O–H groups in total. The molecule has 0 radical (unpaired) electrons. The molecule has 0 aromatic heterocycles. The Morgan fingerprint density at radius 2 is 1.73 bits per heavy atom. The van der Waals surface area contributed by atoms with Crippen molar-refractivity contribution in [2.24, 2.45) is 0 Å². The van der Waals surface area contributed by atoms with Crippen LogP contribution in [-0.4, -0.2) is 62.0 Å². The first kappa shape index (κ1) is 21.1. The molecule has 0 rings (SSSR count). The van der Waals surface area contributed by atoms with E-state index >= 15 is 0 Å². The molecule has 2 amide bonds. The molecule has 0 saturated heterocycles. The molecular formula is C13H26BrN3O4Si. The summed E-state index contributed by atoms with van der Waals surface area (Å²) in [5.74, 6) is -1.46. The predicted molar refractivity (Wildman–Crippen MR) is 92.0 cm³/mol. The van der Waals surface area contributed by atoms with Gasteiger partial charge in [-0.3, -0.25) is 14.4 Å². The highest BCUT2D eigenvalue weighted by Gasteiger charge is 2.19. The first-order valence-corrected chi connectivity index (χ1v) is 12.0. The van der Waals surface area contributed by atoms with Gasteiger partial charge in [0.05, 0.1) is 5.33 Å². The fourth-order valence-electron chi connectivity index (χ4n) is 1.54. The van der Waals surface area contributed by atoms with Crippen molar-refractivity contribution < 1.29 is 19.5 Å². The standard InChI is InChI=1S/C13H26BrN3O4Si/c1-22(2,3)7-6-15-10(13(20)21)9-17-11(18)4-5-16-12(19)8-14/h10,15H,4-9H2,1-3H3,(H,16,19)(H,17,18)(H,20,21). The van der Waals surface area contributed by atoms with Gasteiger partial charge < -0.3 is 21.1 Å². The molecular weight excluding hydrogens is 370 g/mol. The Kier molecular flexibility index (Phi) is 10.3. The zero-order chi connectivity index (χ0) is 17.2. The average molecular weight is 396 g/mol. The third-order valence-corrected chi connectivity index (χ3v) is 5.12. The van der Waals surface area contributed by atoms with E-state index in [0.717, 1.165) is 6.04 Å². The number of carboxylic acids is 1. The van der Waals surface area contributed by atoms with E-state index in [-0.39, 0.29) is 36.7 Å². The molecule has 128 valence electrons. The number of hydrogen-bond acceptors (Lipinski definition) is 4. The lowest BCUT2D eigenvalue weighted by atomic mass is 10.3. The molecule has 0 aliphatic carbocycles. The van der Waals surface area contributed by atoms with E-state index in [9.17, 15) is 14.4 Å². The van der Waals surface area contributed by atoms with Crippen LogP contribution in [0, 0.1) is 0 Å². The molecule has 0 aromatic rings. The van der Waals surface area contributed by atoms with Crippen molar-refractivity contribution in [1.82, 2.24) is 16.0 Å². The van der Waals surface area contributed by atoms with Crippen LogP contribution in [0.2, 0.25) is 25.7 Å². The summed E-state index contributed by atoms with van der Waals surface area (Å²) in [4.78, 5) is 33.7. The van der Waals surface area contributed by atoms with Crippen molar-refractivity contribution >= 4 is 41.8 Å². The van der Waals surface area contributed by atoms with Gasteiger partial charge in [-0.1, -0.05) is 35.6 Å². The Labute approximate surface area is 140 Å². The second-order valence-electron chi connectivity index (χ2n) is 6.19. The minimum atomic E-state index is -1.22. The molecule has 0 fully saturated rings. The van der Waals surface area contributed by atoms with E-state index in [1.165, 1.54) is 0 Å². The minimum Gasteiger partial charge on any atom is -0.480 e. The summed E-state index contributed by atoms with van der Waals surface area (Å²) in [7, 11) is -1.22. The normalized spacial score (nSPS) is 12.5. The Morgan fingerprint density at radius 3 is 2.23 bits per heavy atom. The number of carboxylic acid groups (broad SMARTS) is 1. The minimum absolute atomic E-state index is 0.0340. The Hall–Kier alpha value is -0.933. The third-order valence-electron chi connectivity index (χ3n) is 2.86. The van der Waals surface area contributed by atoms with Gasteiger partial charge in [0.2, 0.25) is 11.8 Å². The van der Waals surface area contributed by atoms with Gasteiger partial charge >= 0.3 is 5.97 Å². The molecule has 9 heteroatoms. The largest absolute Gasteiger partial charge is 0.480 e. The zero-order valence-corrected chi connectivity index (χ0v) is 16.0. The second-order valence-corrected chi connectivity index (χ2v) is 12.4. The van der Waals surface area contributed by atoms with Crippen LogP contribution in [0.15, 0.2) is 0 Å². The van der Waals surface area contributed by atoms with Gasteiger partial charge in [-0.15, -0.1) is 0 Å². The number of carbonyl (C=O) groups excluding carboxylic acids is 2. The summed E-state index contributed by atoms with van der Waals surface area (Å²) < 4.78 is 0. The van der Waals surface area contributed by atoms with Gasteiger partial charge in [0.15, 0.2) is 0 Å². The highest BCUT2D eigenvalue weighted by Crippen LogP contribution is 2.06. The molecule has 0 spiro atoms. The topological polar surface area (TPSA) is 108 Å². The van der Waals surface area contributed by atoms with E-state index in [1.54, 1.807) is 0 Å². The number of amides is 2. The summed E-state index contributed by atoms with van der Waals surface area (Å²) >= 11 is 3.00. The third kappa shape index (κ3) is 11.7. The van der Waals surface area contributed by atoms with E-state index < -0.39 is 20.1 Å². The highest BCUT2D eigenvalue weighted by molar-refractivity contribution is 9.09. The van der Waals surface area contributed by atoms with Gasteiger partial charge in [-0.05, 0) is 12.6 Å². The fourth-order valence-corrected chi connectivity index (χ4v) is 2.63. The van der Waals surface area contributed by atoms with Crippen molar-refractivity contribution in [3.05, 3.63) is 0 Å². The predicted octanol–water partition coefficient (Wildman–Crippen LogP) is 0.385. The maximum absolute atomic E-state index is 11.6. The van der Waals surface area contributed by atoms with Crippen LogP contribution in [0.3, 0.4) is 0 Å². The lowest BCUT2D eigenvalue weighted by molar-refractivity contribution is -0.139. The van der Waals surface area contributed by atoms with Gasteiger partial charge in [-0.25, -0.2) is 0 Å². The number of nitrogens with one attached hydrogen (secondary N) is 3. The zero-order valence-electron chi connectivity index (χ0n) is 13.4. The van der Waals surface area contributed by atoms with Crippen LogP contribution in [0.4, 0.5) is 0 Å². The molecule has 1 atom stereocenters. The second kappa shape index (κ2) is 10.7. The maximum Gasteiger partial charge on any atom is 0.322 e. The molecule has 22 heavy (non-hydrogen) atoms. The lowest BCUT2D eigenvalue weighted by Gasteiger charge is -2.19. The van der Waals surface area contributed by atoms with Crippen molar-refractivity contribution in [1.29, 1.82) is 0 Å². The summed E-state index contributed by atoms with van der Waals surface area (Å²) in [6, 6.07) is 0.181. The van der Waals surface area contributed by atoms with Crippen LogP contribution in [-0.2, 0) is 14.4 Å². The Balaban J connectivity index is 4.01. The number of carbonyl (C=O) groups is 3. The summed E-state index contributed by atoms with van der Waals surface area (Å²) in [6.07, 6.45) is 0.125. The fraction of sp³-hybridized carbons (Fsp3) is 0.769. The SMILES string of the molecule is C[Si](C)(C)CCNC(CNC(=O)CCNC(=O)CBr)C(=O)O. The molecule has 0 aliphatic rings. The monoisotopic (exact) mass is 395 g/mol. The highest BCUT2D eigenvalue weighted by atomic mass is 79.9. The van der Waals surface area contributed by atoms with Crippen molar-refractivity contribution in [2.75, 3.05) is 25.0 Å². The smallest absolute Gasteiger partial charge is 0.322 e. The molecule has 0 saturated carbocycles. The van der Waals surface area contributed by atoms with Crippen molar-refractivity contribution in [3.63, 3.8) is 0 Å². The van der Waals surface area contributed by atoms with Crippen LogP contribution in [0.5, 0.6) is 0 Å². The van der Waals surface area contributed by atoms with Crippen LogP contribution < -0.4 is 16.0 Å². The molecule has 7 nitrogen and oxygen atoms in total. The van der Waals surface area contributed by atoms with Crippen molar-refractivity contribution in [2.45, 2.75) is 38.1 Å². The molecule has 1 unspecified atom stereocenters. The lowest BCUT2D eigenvalue weighted by Crippen LogP contribution is -2.47. The quantitative estimate of drug-likeness (QED) is 0.299. The van der Waals surface area contributed by atoms with Gasteiger partial charge in [0, 0.05) is 27.6 Å².